The van der Waals surface area contributed by atoms with Gasteiger partial charge in [0.1, 0.15) is 0 Å². The first-order chi connectivity index (χ1) is 5.38. The van der Waals surface area contributed by atoms with E-state index in [0.29, 0.717) is 6.61 Å². The zero-order valence-electron chi connectivity index (χ0n) is 7.02. The van der Waals surface area contributed by atoms with E-state index in [2.05, 4.69) is 18.4 Å². The number of rotatable bonds is 2. The van der Waals surface area contributed by atoms with Crippen LogP contribution in [0.15, 0.2) is 29.5 Å². The summed E-state index contributed by atoms with van der Waals surface area (Å²) in [4.78, 5) is 0. The number of ether oxygens (including phenoxy) is 1. The Morgan fingerprint density at radius 2 is 2.45 bits per heavy atom. The molecule has 0 radical (unpaired) electrons. The van der Waals surface area contributed by atoms with E-state index in [9.17, 15) is 0 Å². The topological polar surface area (TPSA) is 9.23 Å². The molecule has 0 aliphatic heterocycles. The molecule has 0 heterocycles. The van der Waals surface area contributed by atoms with E-state index in [-0.39, 0.29) is 0 Å². The van der Waals surface area contributed by atoms with Gasteiger partial charge >= 0.3 is 0 Å². The van der Waals surface area contributed by atoms with Gasteiger partial charge in [-0.1, -0.05) is 12.7 Å². The minimum absolute atomic E-state index is 0.709. The van der Waals surface area contributed by atoms with Crippen LogP contribution in [0.25, 0.3) is 0 Å². The molecular formula is C10H14O. The Kier molecular flexibility index (Phi) is 3.15. The van der Waals surface area contributed by atoms with Crippen LogP contribution in [0.2, 0.25) is 0 Å². The first-order valence-corrected chi connectivity index (χ1v) is 3.95. The Labute approximate surface area is 68.1 Å². The Morgan fingerprint density at radius 3 is 3.09 bits per heavy atom. The number of hydrogen-bond acceptors (Lipinski definition) is 1. The summed E-state index contributed by atoms with van der Waals surface area (Å²) in [5.74, 6) is 0. The van der Waals surface area contributed by atoms with Crippen molar-refractivity contribution in [2.24, 2.45) is 0 Å². The van der Waals surface area contributed by atoms with E-state index in [1.165, 1.54) is 24.0 Å². The van der Waals surface area contributed by atoms with Gasteiger partial charge in [-0.15, -0.1) is 5.73 Å². The molecule has 60 valence electrons. The molecule has 0 amide bonds. The zero-order chi connectivity index (χ0) is 8.10. The maximum atomic E-state index is 4.96. The van der Waals surface area contributed by atoms with Gasteiger partial charge < -0.3 is 4.74 Å². The SMILES string of the molecule is C=C=C1CCC/C1=C/COC. The van der Waals surface area contributed by atoms with Gasteiger partial charge in [-0.3, -0.25) is 0 Å². The van der Waals surface area contributed by atoms with Gasteiger partial charge in [0, 0.05) is 7.11 Å². The number of methoxy groups -OCH3 is 1. The monoisotopic (exact) mass is 150 g/mol. The van der Waals surface area contributed by atoms with Crippen LogP contribution in [0.5, 0.6) is 0 Å². The summed E-state index contributed by atoms with van der Waals surface area (Å²) < 4.78 is 4.96. The van der Waals surface area contributed by atoms with Gasteiger partial charge in [-0.05, 0) is 30.4 Å². The average molecular weight is 150 g/mol. The third kappa shape index (κ3) is 2.07. The Hall–Kier alpha value is -0.780. The highest BCUT2D eigenvalue weighted by Crippen LogP contribution is 2.28. The molecule has 0 aromatic heterocycles. The van der Waals surface area contributed by atoms with Crippen LogP contribution in [-0.2, 0) is 4.74 Å². The highest BCUT2D eigenvalue weighted by Gasteiger charge is 2.11. The molecule has 1 rings (SSSR count). The maximum Gasteiger partial charge on any atom is 0.0649 e. The molecule has 1 saturated carbocycles. The molecular weight excluding hydrogens is 136 g/mol. The van der Waals surface area contributed by atoms with Crippen LogP contribution < -0.4 is 0 Å². The lowest BCUT2D eigenvalue weighted by molar-refractivity contribution is 0.233. The molecule has 0 atom stereocenters. The predicted octanol–water partition coefficient (Wildman–Crippen LogP) is 2.45. The summed E-state index contributed by atoms with van der Waals surface area (Å²) >= 11 is 0. The Balaban J connectivity index is 2.64. The quantitative estimate of drug-likeness (QED) is 0.549. The molecule has 0 N–H and O–H groups in total. The Morgan fingerprint density at radius 1 is 1.64 bits per heavy atom. The van der Waals surface area contributed by atoms with Gasteiger partial charge in [0.25, 0.3) is 0 Å². The summed E-state index contributed by atoms with van der Waals surface area (Å²) in [7, 11) is 1.71. The van der Waals surface area contributed by atoms with Crippen molar-refractivity contribution in [2.75, 3.05) is 13.7 Å². The predicted molar refractivity (Wildman–Crippen MR) is 46.5 cm³/mol. The van der Waals surface area contributed by atoms with Crippen LogP contribution >= 0.6 is 0 Å². The van der Waals surface area contributed by atoms with E-state index in [1.54, 1.807) is 7.11 Å². The fourth-order valence-corrected chi connectivity index (χ4v) is 1.38. The summed E-state index contributed by atoms with van der Waals surface area (Å²) in [6.07, 6.45) is 5.67. The molecule has 0 aromatic carbocycles. The fraction of sp³-hybridized carbons (Fsp3) is 0.500. The lowest BCUT2D eigenvalue weighted by Gasteiger charge is -1.96. The molecule has 1 nitrogen and oxygen atoms in total. The molecule has 0 aromatic rings. The van der Waals surface area contributed by atoms with E-state index < -0.39 is 0 Å². The van der Waals surface area contributed by atoms with Crippen molar-refractivity contribution in [2.45, 2.75) is 19.3 Å². The summed E-state index contributed by atoms with van der Waals surface area (Å²) in [5.41, 5.74) is 5.62. The van der Waals surface area contributed by atoms with Crippen molar-refractivity contribution in [3.05, 3.63) is 29.5 Å². The van der Waals surface area contributed by atoms with Crippen molar-refractivity contribution in [3.8, 4) is 0 Å². The van der Waals surface area contributed by atoms with Crippen molar-refractivity contribution in [1.82, 2.24) is 0 Å². The second-order valence-electron chi connectivity index (χ2n) is 2.69. The summed E-state index contributed by atoms with van der Waals surface area (Å²) in [6, 6.07) is 0. The third-order valence-electron chi connectivity index (χ3n) is 1.97. The molecule has 1 fully saturated rings. The molecule has 0 saturated heterocycles. The average Bonchev–Trinajstić information content (AvgIpc) is 2.47. The Bertz CT molecular complexity index is 207. The van der Waals surface area contributed by atoms with E-state index in [0.717, 1.165) is 6.42 Å². The first-order valence-electron chi connectivity index (χ1n) is 3.95. The molecule has 0 unspecified atom stereocenters. The fourth-order valence-electron chi connectivity index (χ4n) is 1.38. The second-order valence-corrected chi connectivity index (χ2v) is 2.69. The minimum atomic E-state index is 0.709. The van der Waals surface area contributed by atoms with Crippen LogP contribution in [0.4, 0.5) is 0 Å². The lowest BCUT2D eigenvalue weighted by atomic mass is 10.1. The summed E-state index contributed by atoms with van der Waals surface area (Å²) in [6.45, 7) is 4.37. The van der Waals surface area contributed by atoms with Crippen LogP contribution in [-0.4, -0.2) is 13.7 Å². The first kappa shape index (κ1) is 8.32. The van der Waals surface area contributed by atoms with E-state index in [1.807, 2.05) is 0 Å². The van der Waals surface area contributed by atoms with Crippen LogP contribution in [0.3, 0.4) is 0 Å². The summed E-state index contributed by atoms with van der Waals surface area (Å²) in [5, 5.41) is 0. The van der Waals surface area contributed by atoms with Gasteiger partial charge in [-0.25, -0.2) is 0 Å². The maximum absolute atomic E-state index is 4.96. The molecule has 1 heteroatoms. The smallest absolute Gasteiger partial charge is 0.0649 e. The normalized spacial score (nSPS) is 20.8. The lowest BCUT2D eigenvalue weighted by Crippen LogP contribution is -1.85. The highest BCUT2D eigenvalue weighted by atomic mass is 16.5. The van der Waals surface area contributed by atoms with Gasteiger partial charge in [0.15, 0.2) is 0 Å². The van der Waals surface area contributed by atoms with Crippen LogP contribution in [0.1, 0.15) is 19.3 Å². The minimum Gasteiger partial charge on any atom is -0.381 e. The second kappa shape index (κ2) is 4.17. The highest BCUT2D eigenvalue weighted by molar-refractivity contribution is 5.33. The molecule has 1 aliphatic rings. The van der Waals surface area contributed by atoms with Crippen LogP contribution in [0, 0.1) is 0 Å². The van der Waals surface area contributed by atoms with Gasteiger partial charge in [-0.2, -0.15) is 0 Å². The standard InChI is InChI=1S/C10H14O/c1-3-9-5-4-6-10(9)7-8-11-2/h7H,1,4-6,8H2,2H3/b10-7-. The number of hydrogen-bond donors (Lipinski definition) is 0. The van der Waals surface area contributed by atoms with Crippen molar-refractivity contribution >= 4 is 0 Å². The molecule has 1 aliphatic carbocycles. The molecule has 0 spiro atoms. The zero-order valence-corrected chi connectivity index (χ0v) is 7.02. The van der Waals surface area contributed by atoms with Gasteiger partial charge in [0.2, 0.25) is 0 Å². The van der Waals surface area contributed by atoms with E-state index >= 15 is 0 Å². The van der Waals surface area contributed by atoms with Gasteiger partial charge in [0.05, 0.1) is 6.61 Å². The number of allylic oxidation sites excluding steroid dienone is 2. The van der Waals surface area contributed by atoms with Crippen molar-refractivity contribution in [1.29, 1.82) is 0 Å². The third-order valence-corrected chi connectivity index (χ3v) is 1.97. The molecule has 11 heavy (non-hydrogen) atoms. The van der Waals surface area contributed by atoms with Crippen molar-refractivity contribution < 1.29 is 4.74 Å². The van der Waals surface area contributed by atoms with E-state index in [4.69, 9.17) is 4.74 Å². The van der Waals surface area contributed by atoms with Crippen molar-refractivity contribution in [3.63, 3.8) is 0 Å². The molecule has 0 bridgehead atoms. The largest absolute Gasteiger partial charge is 0.381 e.